The number of rotatable bonds is 2. The van der Waals surface area contributed by atoms with Gasteiger partial charge >= 0.3 is 0 Å². The molecule has 0 saturated heterocycles. The summed E-state index contributed by atoms with van der Waals surface area (Å²) in [4.78, 5) is 2.70. The number of H-pyrrole nitrogens is 1. The van der Waals surface area contributed by atoms with Gasteiger partial charge in [-0.25, -0.2) is 4.68 Å². The van der Waals surface area contributed by atoms with Gasteiger partial charge in [-0.3, -0.25) is 0 Å². The molecule has 0 amide bonds. The quantitative estimate of drug-likeness (QED) is 0.669. The predicted octanol–water partition coefficient (Wildman–Crippen LogP) is 2.90. The van der Waals surface area contributed by atoms with Crippen LogP contribution in [0.4, 0.5) is 0 Å². The van der Waals surface area contributed by atoms with Crippen LogP contribution in [0.2, 0.25) is 0 Å². The van der Waals surface area contributed by atoms with E-state index in [9.17, 15) is 10.2 Å². The normalized spacial score (nSPS) is 10.9. The summed E-state index contributed by atoms with van der Waals surface area (Å²) in [6.45, 7) is 3.57. The van der Waals surface area contributed by atoms with Crippen LogP contribution in [0.15, 0.2) is 36.4 Å². The van der Waals surface area contributed by atoms with E-state index in [1.807, 2.05) is 43.3 Å². The van der Waals surface area contributed by atoms with Crippen molar-refractivity contribution in [3.05, 3.63) is 47.8 Å². The lowest BCUT2D eigenvalue weighted by Gasteiger charge is -2.03. The summed E-state index contributed by atoms with van der Waals surface area (Å²) < 4.78 is 1.54. The molecule has 0 spiro atoms. The van der Waals surface area contributed by atoms with Crippen LogP contribution < -0.4 is 0 Å². The van der Waals surface area contributed by atoms with E-state index < -0.39 is 0 Å². The summed E-state index contributed by atoms with van der Waals surface area (Å²) in [5, 5.41) is 24.4. The molecule has 0 fully saturated rings. The zero-order chi connectivity index (χ0) is 14.3. The van der Waals surface area contributed by atoms with Crippen molar-refractivity contribution in [2.24, 2.45) is 0 Å². The molecular weight excluding hydrogens is 254 g/mol. The first-order chi connectivity index (χ1) is 9.58. The standard InChI is InChI=1S/C15H15N3O2/c1-9-8-12(11-6-4-3-5-7-11)17-18(9)13-14(19)10(2)16-15(13)20/h3-8,16,19-20H,1-2H3. The molecule has 0 radical (unpaired) electrons. The maximum absolute atomic E-state index is 10.0. The maximum Gasteiger partial charge on any atom is 0.219 e. The van der Waals surface area contributed by atoms with Gasteiger partial charge in [-0.05, 0) is 19.9 Å². The number of aromatic nitrogens is 3. The Morgan fingerprint density at radius 1 is 1.10 bits per heavy atom. The molecule has 2 aromatic heterocycles. The van der Waals surface area contributed by atoms with Gasteiger partial charge in [0.25, 0.3) is 0 Å². The van der Waals surface area contributed by atoms with Gasteiger partial charge in [-0.15, -0.1) is 0 Å². The van der Waals surface area contributed by atoms with E-state index in [-0.39, 0.29) is 17.3 Å². The van der Waals surface area contributed by atoms with Crippen LogP contribution >= 0.6 is 0 Å². The summed E-state index contributed by atoms with van der Waals surface area (Å²) in [5.41, 5.74) is 3.39. The van der Waals surface area contributed by atoms with Gasteiger partial charge in [0.15, 0.2) is 11.4 Å². The topological polar surface area (TPSA) is 74.1 Å². The molecule has 0 aliphatic rings. The van der Waals surface area contributed by atoms with E-state index in [0.717, 1.165) is 17.0 Å². The van der Waals surface area contributed by atoms with Gasteiger partial charge in [0, 0.05) is 11.3 Å². The minimum absolute atomic E-state index is 0.00770. The minimum atomic E-state index is -0.0918. The fraction of sp³-hybridized carbons (Fsp3) is 0.133. The van der Waals surface area contributed by atoms with Gasteiger partial charge in [0.05, 0.1) is 11.4 Å². The van der Waals surface area contributed by atoms with Crippen LogP contribution in [-0.4, -0.2) is 25.0 Å². The zero-order valence-corrected chi connectivity index (χ0v) is 11.3. The monoisotopic (exact) mass is 269 g/mol. The van der Waals surface area contributed by atoms with E-state index >= 15 is 0 Å². The highest BCUT2D eigenvalue weighted by Crippen LogP contribution is 2.35. The van der Waals surface area contributed by atoms with Crippen molar-refractivity contribution in [1.82, 2.24) is 14.8 Å². The second-order valence-corrected chi connectivity index (χ2v) is 4.74. The van der Waals surface area contributed by atoms with Crippen molar-refractivity contribution in [1.29, 1.82) is 0 Å². The molecule has 2 heterocycles. The maximum atomic E-state index is 10.0. The fourth-order valence-corrected chi connectivity index (χ4v) is 2.24. The van der Waals surface area contributed by atoms with Gasteiger partial charge < -0.3 is 15.2 Å². The Morgan fingerprint density at radius 3 is 2.40 bits per heavy atom. The van der Waals surface area contributed by atoms with E-state index in [0.29, 0.717) is 5.69 Å². The summed E-state index contributed by atoms with van der Waals surface area (Å²) in [5.74, 6) is -0.0841. The van der Waals surface area contributed by atoms with Gasteiger partial charge in [0.1, 0.15) is 0 Å². The Bertz CT molecular complexity index is 757. The van der Waals surface area contributed by atoms with Crippen molar-refractivity contribution in [3.63, 3.8) is 0 Å². The number of aromatic amines is 1. The van der Waals surface area contributed by atoms with Crippen LogP contribution in [0.5, 0.6) is 11.6 Å². The Hall–Kier alpha value is -2.69. The molecule has 0 unspecified atom stereocenters. The highest BCUT2D eigenvalue weighted by molar-refractivity contribution is 5.62. The first-order valence-electron chi connectivity index (χ1n) is 6.31. The molecule has 0 bridgehead atoms. The predicted molar refractivity (Wildman–Crippen MR) is 76.2 cm³/mol. The van der Waals surface area contributed by atoms with Crippen LogP contribution in [0, 0.1) is 13.8 Å². The molecule has 0 aliphatic heterocycles. The molecule has 0 aliphatic carbocycles. The number of aromatic hydroxyl groups is 2. The van der Waals surface area contributed by atoms with Crippen LogP contribution in [-0.2, 0) is 0 Å². The van der Waals surface area contributed by atoms with Crippen molar-refractivity contribution in [3.8, 4) is 28.6 Å². The van der Waals surface area contributed by atoms with E-state index in [4.69, 9.17) is 0 Å². The Morgan fingerprint density at radius 2 is 1.80 bits per heavy atom. The number of aryl methyl sites for hydroxylation is 2. The minimum Gasteiger partial charge on any atom is -0.504 e. The number of benzene rings is 1. The first-order valence-corrected chi connectivity index (χ1v) is 6.31. The molecular formula is C15H15N3O2. The van der Waals surface area contributed by atoms with Crippen molar-refractivity contribution in [2.75, 3.05) is 0 Å². The highest BCUT2D eigenvalue weighted by atomic mass is 16.3. The molecule has 3 N–H and O–H groups in total. The Balaban J connectivity index is 2.15. The third kappa shape index (κ3) is 1.84. The van der Waals surface area contributed by atoms with Crippen LogP contribution in [0.1, 0.15) is 11.4 Å². The van der Waals surface area contributed by atoms with Gasteiger partial charge in [0.2, 0.25) is 5.88 Å². The number of nitrogens with one attached hydrogen (secondary N) is 1. The lowest BCUT2D eigenvalue weighted by molar-refractivity contribution is 0.444. The summed E-state index contributed by atoms with van der Waals surface area (Å²) in [6.07, 6.45) is 0. The Labute approximate surface area is 116 Å². The van der Waals surface area contributed by atoms with Crippen molar-refractivity contribution >= 4 is 0 Å². The first kappa shape index (κ1) is 12.3. The van der Waals surface area contributed by atoms with Gasteiger partial charge in [-0.1, -0.05) is 30.3 Å². The summed E-state index contributed by atoms with van der Waals surface area (Å²) in [6, 6.07) is 11.7. The molecule has 102 valence electrons. The third-order valence-electron chi connectivity index (χ3n) is 3.28. The molecule has 0 atom stereocenters. The molecule has 3 rings (SSSR count). The van der Waals surface area contributed by atoms with E-state index in [1.165, 1.54) is 4.68 Å². The fourth-order valence-electron chi connectivity index (χ4n) is 2.24. The number of hydrogen-bond acceptors (Lipinski definition) is 3. The summed E-state index contributed by atoms with van der Waals surface area (Å²) in [7, 11) is 0. The zero-order valence-electron chi connectivity index (χ0n) is 11.3. The summed E-state index contributed by atoms with van der Waals surface area (Å²) >= 11 is 0. The lowest BCUT2D eigenvalue weighted by Crippen LogP contribution is -1.98. The second-order valence-electron chi connectivity index (χ2n) is 4.74. The highest BCUT2D eigenvalue weighted by Gasteiger charge is 2.19. The molecule has 3 aromatic rings. The number of hydrogen-bond donors (Lipinski definition) is 3. The van der Waals surface area contributed by atoms with E-state index in [1.54, 1.807) is 6.92 Å². The average Bonchev–Trinajstić information content (AvgIpc) is 2.92. The molecule has 1 aromatic carbocycles. The smallest absolute Gasteiger partial charge is 0.219 e. The second kappa shape index (κ2) is 4.45. The average molecular weight is 269 g/mol. The SMILES string of the molecule is Cc1[nH]c(O)c(-n2nc(-c3ccccc3)cc2C)c1O. The largest absolute Gasteiger partial charge is 0.504 e. The molecule has 20 heavy (non-hydrogen) atoms. The van der Waals surface area contributed by atoms with Crippen molar-refractivity contribution < 1.29 is 10.2 Å². The van der Waals surface area contributed by atoms with Crippen LogP contribution in [0.3, 0.4) is 0 Å². The van der Waals surface area contributed by atoms with Gasteiger partial charge in [-0.2, -0.15) is 5.10 Å². The number of nitrogens with zero attached hydrogens (tertiary/aromatic N) is 2. The lowest BCUT2D eigenvalue weighted by atomic mass is 10.1. The molecule has 5 heteroatoms. The Kier molecular flexibility index (Phi) is 2.75. The molecule has 5 nitrogen and oxygen atoms in total. The third-order valence-corrected chi connectivity index (χ3v) is 3.28. The van der Waals surface area contributed by atoms with E-state index in [2.05, 4.69) is 10.1 Å². The van der Waals surface area contributed by atoms with Crippen molar-refractivity contribution in [2.45, 2.75) is 13.8 Å². The van der Waals surface area contributed by atoms with Crippen LogP contribution in [0.25, 0.3) is 16.9 Å². The molecule has 0 saturated carbocycles.